The summed E-state index contributed by atoms with van der Waals surface area (Å²) >= 11 is 0. The topological polar surface area (TPSA) is 60.8 Å². The Morgan fingerprint density at radius 3 is 2.00 bits per heavy atom. The molecular weight excluding hydrogens is 170 g/mol. The van der Waals surface area contributed by atoms with Crippen LogP contribution in [0.15, 0.2) is 37.3 Å². The molecule has 0 aliphatic heterocycles. The van der Waals surface area contributed by atoms with Crippen LogP contribution in [0.25, 0.3) is 0 Å². The van der Waals surface area contributed by atoms with Crippen LogP contribution in [0.1, 0.15) is 0 Å². The first kappa shape index (κ1) is 11.3. The van der Waals surface area contributed by atoms with E-state index in [0.29, 0.717) is 0 Å². The molecule has 4 heteroatoms. The van der Waals surface area contributed by atoms with E-state index in [0.717, 1.165) is 12.5 Å². The van der Waals surface area contributed by atoms with Gasteiger partial charge in [-0.1, -0.05) is 6.58 Å². The van der Waals surface area contributed by atoms with E-state index in [1.54, 1.807) is 0 Å². The van der Waals surface area contributed by atoms with Crippen LogP contribution < -0.4 is 0 Å². The van der Waals surface area contributed by atoms with Crippen molar-refractivity contribution in [1.29, 1.82) is 0 Å². The van der Waals surface area contributed by atoms with Crippen LogP contribution in [0.2, 0.25) is 0 Å². The SMILES string of the molecule is C=CC(=O)N(CC=CO)CC=CO. The normalized spacial score (nSPS) is 10.8. The van der Waals surface area contributed by atoms with Gasteiger partial charge in [0.05, 0.1) is 12.5 Å². The molecule has 72 valence electrons. The fourth-order valence-electron chi connectivity index (χ4n) is 0.732. The van der Waals surface area contributed by atoms with Gasteiger partial charge in [0.25, 0.3) is 0 Å². The second-order valence-corrected chi connectivity index (χ2v) is 2.22. The van der Waals surface area contributed by atoms with Gasteiger partial charge in [-0.3, -0.25) is 4.79 Å². The molecule has 0 radical (unpaired) electrons. The largest absolute Gasteiger partial charge is 0.516 e. The van der Waals surface area contributed by atoms with Gasteiger partial charge in [0, 0.05) is 13.1 Å². The lowest BCUT2D eigenvalue weighted by atomic mass is 10.4. The molecule has 0 aromatic heterocycles. The van der Waals surface area contributed by atoms with E-state index in [-0.39, 0.29) is 19.0 Å². The standard InChI is InChI=1S/C9H13NO3/c1-2-9(13)10(5-3-7-11)6-4-8-12/h2-4,7-8,11-12H,1,5-6H2. The quantitative estimate of drug-likeness (QED) is 0.496. The summed E-state index contributed by atoms with van der Waals surface area (Å²) in [6, 6.07) is 0. The highest BCUT2D eigenvalue weighted by Gasteiger charge is 2.05. The predicted molar refractivity (Wildman–Crippen MR) is 50.3 cm³/mol. The Balaban J connectivity index is 4.17. The van der Waals surface area contributed by atoms with E-state index in [2.05, 4.69) is 6.58 Å². The second kappa shape index (κ2) is 6.97. The van der Waals surface area contributed by atoms with Crippen molar-refractivity contribution in [2.45, 2.75) is 0 Å². The smallest absolute Gasteiger partial charge is 0.246 e. The summed E-state index contributed by atoms with van der Waals surface area (Å²) in [4.78, 5) is 12.5. The summed E-state index contributed by atoms with van der Waals surface area (Å²) in [7, 11) is 0. The van der Waals surface area contributed by atoms with Crippen LogP contribution in [0.5, 0.6) is 0 Å². The Kier molecular flexibility index (Phi) is 6.05. The monoisotopic (exact) mass is 183 g/mol. The van der Waals surface area contributed by atoms with Crippen LogP contribution in [-0.4, -0.2) is 34.1 Å². The molecule has 0 bridgehead atoms. The fraction of sp³-hybridized carbons (Fsp3) is 0.222. The minimum atomic E-state index is -0.254. The van der Waals surface area contributed by atoms with Gasteiger partial charge in [-0.05, 0) is 18.2 Å². The van der Waals surface area contributed by atoms with Gasteiger partial charge in [0.15, 0.2) is 0 Å². The van der Waals surface area contributed by atoms with Crippen LogP contribution in [0.3, 0.4) is 0 Å². The van der Waals surface area contributed by atoms with Gasteiger partial charge in [-0.15, -0.1) is 0 Å². The van der Waals surface area contributed by atoms with Gasteiger partial charge in [0.2, 0.25) is 5.91 Å². The lowest BCUT2D eigenvalue weighted by Crippen LogP contribution is -2.29. The van der Waals surface area contributed by atoms with Crippen LogP contribution in [0.4, 0.5) is 0 Å². The first-order valence-electron chi connectivity index (χ1n) is 3.76. The summed E-state index contributed by atoms with van der Waals surface area (Å²) < 4.78 is 0. The predicted octanol–water partition coefficient (Wildman–Crippen LogP) is 1.14. The minimum absolute atomic E-state index is 0.254. The molecule has 0 atom stereocenters. The first-order valence-corrected chi connectivity index (χ1v) is 3.76. The van der Waals surface area contributed by atoms with Crippen LogP contribution >= 0.6 is 0 Å². The number of aliphatic hydroxyl groups excluding tert-OH is 2. The molecule has 0 spiro atoms. The Morgan fingerprint density at radius 2 is 1.69 bits per heavy atom. The Labute approximate surface area is 77.1 Å². The third kappa shape index (κ3) is 4.68. The van der Waals surface area contributed by atoms with Crippen molar-refractivity contribution in [3.8, 4) is 0 Å². The number of aliphatic hydroxyl groups is 2. The van der Waals surface area contributed by atoms with Crippen molar-refractivity contribution in [3.63, 3.8) is 0 Å². The number of hydrogen-bond donors (Lipinski definition) is 2. The van der Waals surface area contributed by atoms with E-state index >= 15 is 0 Å². The number of amides is 1. The average Bonchev–Trinajstić information content (AvgIpc) is 2.17. The van der Waals surface area contributed by atoms with E-state index in [9.17, 15) is 4.79 Å². The van der Waals surface area contributed by atoms with Gasteiger partial charge in [0.1, 0.15) is 0 Å². The third-order valence-corrected chi connectivity index (χ3v) is 1.35. The molecule has 13 heavy (non-hydrogen) atoms. The second-order valence-electron chi connectivity index (χ2n) is 2.22. The van der Waals surface area contributed by atoms with Crippen LogP contribution in [0, 0.1) is 0 Å². The Morgan fingerprint density at radius 1 is 1.23 bits per heavy atom. The molecule has 0 saturated carbocycles. The highest BCUT2D eigenvalue weighted by molar-refractivity contribution is 5.87. The van der Waals surface area contributed by atoms with Crippen molar-refractivity contribution in [2.24, 2.45) is 0 Å². The summed E-state index contributed by atoms with van der Waals surface area (Å²) in [6.07, 6.45) is 5.76. The summed E-state index contributed by atoms with van der Waals surface area (Å²) in [5, 5.41) is 16.8. The Bertz CT molecular complexity index is 207. The molecule has 0 unspecified atom stereocenters. The number of nitrogens with zero attached hydrogens (tertiary/aromatic N) is 1. The molecule has 2 N–H and O–H groups in total. The van der Waals surface area contributed by atoms with Gasteiger partial charge < -0.3 is 15.1 Å². The van der Waals surface area contributed by atoms with Crippen molar-refractivity contribution in [2.75, 3.05) is 13.1 Å². The molecule has 0 aromatic rings. The third-order valence-electron chi connectivity index (χ3n) is 1.35. The molecular formula is C9H13NO3. The molecule has 1 amide bonds. The van der Waals surface area contributed by atoms with Crippen molar-refractivity contribution in [1.82, 2.24) is 4.90 Å². The number of carbonyl (C=O) groups excluding carboxylic acids is 1. The highest BCUT2D eigenvalue weighted by Crippen LogP contribution is 1.92. The first-order chi connectivity index (χ1) is 6.26. The number of rotatable bonds is 5. The lowest BCUT2D eigenvalue weighted by molar-refractivity contribution is -0.125. The van der Waals surface area contributed by atoms with Crippen LogP contribution in [-0.2, 0) is 4.79 Å². The van der Waals surface area contributed by atoms with Crippen molar-refractivity contribution in [3.05, 3.63) is 37.3 Å². The molecule has 4 nitrogen and oxygen atoms in total. The Hall–Kier alpha value is -1.71. The molecule has 0 aliphatic rings. The molecule has 0 saturated heterocycles. The summed E-state index contributed by atoms with van der Waals surface area (Å²) in [5.41, 5.74) is 0. The van der Waals surface area contributed by atoms with E-state index in [1.807, 2.05) is 0 Å². The molecule has 0 aliphatic carbocycles. The molecule has 0 aromatic carbocycles. The number of hydrogen-bond acceptors (Lipinski definition) is 3. The summed E-state index contributed by atoms with van der Waals surface area (Å²) in [5.74, 6) is -0.254. The fourth-order valence-corrected chi connectivity index (χ4v) is 0.732. The van der Waals surface area contributed by atoms with E-state index in [4.69, 9.17) is 10.2 Å². The number of carbonyl (C=O) groups is 1. The molecule has 0 rings (SSSR count). The van der Waals surface area contributed by atoms with Gasteiger partial charge in [-0.2, -0.15) is 0 Å². The molecule has 0 fully saturated rings. The maximum absolute atomic E-state index is 11.1. The van der Waals surface area contributed by atoms with Crippen molar-refractivity contribution < 1.29 is 15.0 Å². The van der Waals surface area contributed by atoms with E-state index in [1.165, 1.54) is 23.1 Å². The lowest BCUT2D eigenvalue weighted by Gasteiger charge is -2.16. The minimum Gasteiger partial charge on any atom is -0.516 e. The highest BCUT2D eigenvalue weighted by atomic mass is 16.2. The maximum Gasteiger partial charge on any atom is 0.246 e. The zero-order valence-corrected chi connectivity index (χ0v) is 7.26. The molecule has 0 heterocycles. The summed E-state index contributed by atoms with van der Waals surface area (Å²) in [6.45, 7) is 3.90. The average molecular weight is 183 g/mol. The maximum atomic E-state index is 11.1. The van der Waals surface area contributed by atoms with Crippen molar-refractivity contribution >= 4 is 5.91 Å². The zero-order valence-electron chi connectivity index (χ0n) is 7.26. The zero-order chi connectivity index (χ0) is 10.1. The van der Waals surface area contributed by atoms with Gasteiger partial charge >= 0.3 is 0 Å². The van der Waals surface area contributed by atoms with E-state index < -0.39 is 0 Å². The van der Waals surface area contributed by atoms with Gasteiger partial charge in [-0.25, -0.2) is 0 Å².